The number of anilines is 1. The number of fused-ring (bicyclic) bond motifs is 2. The highest BCUT2D eigenvalue weighted by atomic mass is 15.3. The Balaban J connectivity index is 1.46. The lowest BCUT2D eigenvalue weighted by atomic mass is 9.92. The van der Waals surface area contributed by atoms with Gasteiger partial charge in [0.25, 0.3) is 0 Å². The smallest absolute Gasteiger partial charge is 0.0608 e. The molecule has 0 aromatic heterocycles. The molecule has 0 unspecified atom stereocenters. The van der Waals surface area contributed by atoms with Gasteiger partial charge in [-0.1, -0.05) is 66.7 Å². The van der Waals surface area contributed by atoms with Crippen molar-refractivity contribution >= 4 is 5.69 Å². The predicted octanol–water partition coefficient (Wildman–Crippen LogP) is 4.70. The molecule has 1 heterocycles. The fourth-order valence-corrected chi connectivity index (χ4v) is 4.76. The lowest BCUT2D eigenvalue weighted by Crippen LogP contribution is -2.48. The number of hydrogen-bond acceptors (Lipinski definition) is 2. The minimum atomic E-state index is 0.387. The average Bonchev–Trinajstić information content (AvgIpc) is 2.91. The molecule has 27 heavy (non-hydrogen) atoms. The summed E-state index contributed by atoms with van der Waals surface area (Å²) in [6.45, 7) is 4.38. The van der Waals surface area contributed by atoms with Crippen LogP contribution in [0.4, 0.5) is 5.69 Å². The summed E-state index contributed by atoms with van der Waals surface area (Å²) in [5.41, 5.74) is 7.40. The van der Waals surface area contributed by atoms with E-state index in [1.54, 1.807) is 0 Å². The van der Waals surface area contributed by atoms with Crippen molar-refractivity contribution in [3.63, 3.8) is 0 Å². The SMILES string of the molecule is c1ccc(N2CCN(C3c4ccccc4CCc4ccccc43)CC2)cc1. The zero-order chi connectivity index (χ0) is 18.1. The quantitative estimate of drug-likeness (QED) is 0.658. The molecule has 3 aromatic rings. The lowest BCUT2D eigenvalue weighted by Gasteiger charge is -2.41. The molecule has 0 atom stereocenters. The number of benzene rings is 3. The monoisotopic (exact) mass is 354 g/mol. The molecule has 1 aliphatic carbocycles. The highest BCUT2D eigenvalue weighted by Gasteiger charge is 2.30. The molecule has 0 spiro atoms. The molecular formula is C25H26N2. The average molecular weight is 354 g/mol. The summed E-state index contributed by atoms with van der Waals surface area (Å²) >= 11 is 0. The van der Waals surface area contributed by atoms with E-state index < -0.39 is 0 Å². The van der Waals surface area contributed by atoms with E-state index in [1.807, 2.05) is 0 Å². The van der Waals surface area contributed by atoms with Gasteiger partial charge in [-0.2, -0.15) is 0 Å². The van der Waals surface area contributed by atoms with Crippen molar-refractivity contribution in [1.29, 1.82) is 0 Å². The van der Waals surface area contributed by atoms with Gasteiger partial charge in [-0.3, -0.25) is 4.90 Å². The molecule has 3 aromatic carbocycles. The molecule has 0 amide bonds. The molecule has 0 radical (unpaired) electrons. The van der Waals surface area contributed by atoms with Crippen molar-refractivity contribution in [3.05, 3.63) is 101 Å². The lowest BCUT2D eigenvalue weighted by molar-refractivity contribution is 0.212. The van der Waals surface area contributed by atoms with E-state index in [4.69, 9.17) is 0 Å². The van der Waals surface area contributed by atoms with E-state index in [-0.39, 0.29) is 0 Å². The first-order chi connectivity index (χ1) is 13.4. The Bertz CT molecular complexity index is 863. The summed E-state index contributed by atoms with van der Waals surface area (Å²) in [5.74, 6) is 0. The number of piperazine rings is 1. The van der Waals surface area contributed by atoms with Crippen LogP contribution in [0.5, 0.6) is 0 Å². The van der Waals surface area contributed by atoms with Crippen LogP contribution in [-0.2, 0) is 12.8 Å². The van der Waals surface area contributed by atoms with Crippen LogP contribution in [-0.4, -0.2) is 31.1 Å². The first kappa shape index (κ1) is 16.6. The second-order valence-electron chi connectivity index (χ2n) is 7.66. The number of rotatable bonds is 2. The van der Waals surface area contributed by atoms with E-state index in [1.165, 1.54) is 27.9 Å². The minimum Gasteiger partial charge on any atom is -0.369 e. The second-order valence-corrected chi connectivity index (χ2v) is 7.66. The third-order valence-corrected chi connectivity index (χ3v) is 6.16. The van der Waals surface area contributed by atoms with Crippen molar-refractivity contribution in [1.82, 2.24) is 4.90 Å². The molecule has 0 saturated carbocycles. The molecule has 0 bridgehead atoms. The number of hydrogen-bond donors (Lipinski definition) is 0. The largest absolute Gasteiger partial charge is 0.369 e. The van der Waals surface area contributed by atoms with Crippen LogP contribution in [0.3, 0.4) is 0 Å². The Morgan fingerprint density at radius 3 is 1.67 bits per heavy atom. The third-order valence-electron chi connectivity index (χ3n) is 6.16. The van der Waals surface area contributed by atoms with Crippen molar-refractivity contribution in [2.45, 2.75) is 18.9 Å². The Labute approximate surface area is 162 Å². The van der Waals surface area contributed by atoms with E-state index in [9.17, 15) is 0 Å². The topological polar surface area (TPSA) is 6.48 Å². The standard InChI is InChI=1S/C25H26N2/c1-2-10-22(11-3-1)26-16-18-27(19-17-26)25-23-12-6-4-8-20(23)14-15-21-9-5-7-13-24(21)25/h1-13,25H,14-19H2. The van der Waals surface area contributed by atoms with Gasteiger partial charge >= 0.3 is 0 Å². The van der Waals surface area contributed by atoms with Gasteiger partial charge in [0.1, 0.15) is 0 Å². The second kappa shape index (κ2) is 7.21. The predicted molar refractivity (Wildman–Crippen MR) is 112 cm³/mol. The summed E-state index contributed by atoms with van der Waals surface area (Å²) < 4.78 is 0. The van der Waals surface area contributed by atoms with Gasteiger partial charge in [-0.05, 0) is 47.2 Å². The first-order valence-corrected chi connectivity index (χ1v) is 10.1. The Kier molecular flexibility index (Phi) is 4.43. The van der Waals surface area contributed by atoms with Gasteiger partial charge < -0.3 is 4.90 Å². The summed E-state index contributed by atoms with van der Waals surface area (Å²) in [6.07, 6.45) is 2.29. The van der Waals surface area contributed by atoms with Gasteiger partial charge in [0.2, 0.25) is 0 Å². The van der Waals surface area contributed by atoms with Crippen molar-refractivity contribution in [2.24, 2.45) is 0 Å². The van der Waals surface area contributed by atoms with Crippen LogP contribution in [0.15, 0.2) is 78.9 Å². The molecular weight excluding hydrogens is 328 g/mol. The van der Waals surface area contributed by atoms with Gasteiger partial charge in [-0.25, -0.2) is 0 Å². The molecule has 2 heteroatoms. The van der Waals surface area contributed by atoms with E-state index in [0.717, 1.165) is 39.0 Å². The van der Waals surface area contributed by atoms with Crippen LogP contribution >= 0.6 is 0 Å². The molecule has 1 fully saturated rings. The van der Waals surface area contributed by atoms with Gasteiger partial charge in [-0.15, -0.1) is 0 Å². The summed E-state index contributed by atoms with van der Waals surface area (Å²) in [4.78, 5) is 5.22. The summed E-state index contributed by atoms with van der Waals surface area (Å²) in [6, 6.07) is 29.4. The highest BCUT2D eigenvalue weighted by molar-refractivity contribution is 5.48. The van der Waals surface area contributed by atoms with Crippen molar-refractivity contribution in [3.8, 4) is 0 Å². The van der Waals surface area contributed by atoms with E-state index >= 15 is 0 Å². The van der Waals surface area contributed by atoms with Crippen molar-refractivity contribution in [2.75, 3.05) is 31.1 Å². The van der Waals surface area contributed by atoms with Crippen LogP contribution in [0.2, 0.25) is 0 Å². The maximum absolute atomic E-state index is 2.70. The van der Waals surface area contributed by atoms with Crippen LogP contribution in [0.1, 0.15) is 28.3 Å². The Hall–Kier alpha value is -2.58. The van der Waals surface area contributed by atoms with Gasteiger partial charge in [0.05, 0.1) is 6.04 Å². The highest BCUT2D eigenvalue weighted by Crippen LogP contribution is 2.37. The number of nitrogens with zero attached hydrogens (tertiary/aromatic N) is 2. The Morgan fingerprint density at radius 1 is 0.556 bits per heavy atom. The van der Waals surface area contributed by atoms with E-state index in [2.05, 4.69) is 88.7 Å². The molecule has 5 rings (SSSR count). The third kappa shape index (κ3) is 3.15. The molecule has 0 N–H and O–H groups in total. The van der Waals surface area contributed by atoms with Crippen LogP contribution < -0.4 is 4.90 Å². The van der Waals surface area contributed by atoms with Gasteiger partial charge in [0.15, 0.2) is 0 Å². The van der Waals surface area contributed by atoms with Gasteiger partial charge in [0, 0.05) is 31.9 Å². The van der Waals surface area contributed by atoms with Crippen LogP contribution in [0, 0.1) is 0 Å². The summed E-state index contributed by atoms with van der Waals surface area (Å²) in [5, 5.41) is 0. The maximum atomic E-state index is 2.70. The fraction of sp³-hybridized carbons (Fsp3) is 0.280. The fourth-order valence-electron chi connectivity index (χ4n) is 4.76. The molecule has 1 aliphatic heterocycles. The zero-order valence-corrected chi connectivity index (χ0v) is 15.7. The number of para-hydroxylation sites is 1. The molecule has 136 valence electrons. The minimum absolute atomic E-state index is 0.387. The van der Waals surface area contributed by atoms with E-state index in [0.29, 0.717) is 6.04 Å². The molecule has 1 saturated heterocycles. The zero-order valence-electron chi connectivity index (χ0n) is 15.7. The first-order valence-electron chi connectivity index (χ1n) is 10.1. The van der Waals surface area contributed by atoms with Crippen molar-refractivity contribution < 1.29 is 0 Å². The maximum Gasteiger partial charge on any atom is 0.0608 e. The molecule has 2 aliphatic rings. The summed E-state index contributed by atoms with van der Waals surface area (Å²) in [7, 11) is 0. The molecule has 2 nitrogen and oxygen atoms in total. The number of aryl methyl sites for hydroxylation is 2. The normalized spacial score (nSPS) is 17.9. The Morgan fingerprint density at radius 2 is 1.07 bits per heavy atom. The van der Waals surface area contributed by atoms with Crippen LogP contribution in [0.25, 0.3) is 0 Å².